The van der Waals surface area contributed by atoms with Crippen LogP contribution in [0.2, 0.25) is 5.02 Å². The van der Waals surface area contributed by atoms with Crippen molar-refractivity contribution in [3.8, 4) is 22.6 Å². The van der Waals surface area contributed by atoms with E-state index < -0.39 is 0 Å². The van der Waals surface area contributed by atoms with Gasteiger partial charge in [0.1, 0.15) is 11.5 Å². The second-order valence-corrected chi connectivity index (χ2v) is 6.00. The summed E-state index contributed by atoms with van der Waals surface area (Å²) >= 11 is 6.40. The highest BCUT2D eigenvalue weighted by molar-refractivity contribution is 6.34. The molecule has 4 aromatic rings. The highest BCUT2D eigenvalue weighted by Gasteiger charge is 2.20. The first-order valence-corrected chi connectivity index (χ1v) is 7.77. The van der Waals surface area contributed by atoms with Gasteiger partial charge in [-0.1, -0.05) is 11.6 Å². The number of rotatable bonds is 2. The zero-order valence-corrected chi connectivity index (χ0v) is 13.8. The Labute approximate surface area is 142 Å². The summed E-state index contributed by atoms with van der Waals surface area (Å²) < 4.78 is 1.05. The number of pyridine rings is 1. The molecule has 2 N–H and O–H groups in total. The molecule has 0 amide bonds. The molecule has 24 heavy (non-hydrogen) atoms. The van der Waals surface area contributed by atoms with E-state index in [1.807, 2.05) is 32.0 Å². The number of halogens is 1. The Balaban J connectivity index is 1.93. The monoisotopic (exact) mass is 339 g/mol. The van der Waals surface area contributed by atoms with Gasteiger partial charge in [0.15, 0.2) is 5.82 Å². The van der Waals surface area contributed by atoms with Crippen LogP contribution < -0.4 is 0 Å². The fraction of sp³-hybridized carbons (Fsp3) is 0.118. The molecule has 0 spiro atoms. The smallest absolute Gasteiger partial charge is 0.177 e. The predicted octanol–water partition coefficient (Wildman–Crippen LogP) is 4.00. The fourth-order valence-corrected chi connectivity index (χ4v) is 3.10. The van der Waals surface area contributed by atoms with Crippen LogP contribution in [-0.4, -0.2) is 29.9 Å². The summed E-state index contributed by atoms with van der Waals surface area (Å²) in [5.74, 6) is 1.18. The fourth-order valence-electron chi connectivity index (χ4n) is 2.86. The summed E-state index contributed by atoms with van der Waals surface area (Å²) in [6.45, 7) is 3.72. The largest absolute Gasteiger partial charge is 0.426 e. The maximum absolute atomic E-state index is 10.7. The van der Waals surface area contributed by atoms with Crippen molar-refractivity contribution in [1.82, 2.24) is 24.7 Å². The van der Waals surface area contributed by atoms with E-state index in [9.17, 15) is 5.21 Å². The Kier molecular flexibility index (Phi) is 3.28. The zero-order chi connectivity index (χ0) is 16.8. The molecule has 0 radical (unpaired) electrons. The van der Waals surface area contributed by atoms with Gasteiger partial charge in [0.25, 0.3) is 0 Å². The number of aromatic amines is 1. The van der Waals surface area contributed by atoms with Crippen molar-refractivity contribution in [2.45, 2.75) is 13.8 Å². The lowest BCUT2D eigenvalue weighted by molar-refractivity contribution is 0.195. The van der Waals surface area contributed by atoms with E-state index in [-0.39, 0.29) is 0 Å². The van der Waals surface area contributed by atoms with Crippen LogP contribution in [0.15, 0.2) is 36.7 Å². The van der Waals surface area contributed by atoms with Gasteiger partial charge in [0, 0.05) is 23.5 Å². The van der Waals surface area contributed by atoms with Crippen LogP contribution in [0.1, 0.15) is 11.5 Å². The number of imidazole rings is 2. The highest BCUT2D eigenvalue weighted by Crippen LogP contribution is 2.34. The molecule has 3 aromatic heterocycles. The van der Waals surface area contributed by atoms with E-state index in [4.69, 9.17) is 11.6 Å². The van der Waals surface area contributed by atoms with Crippen molar-refractivity contribution in [3.05, 3.63) is 53.2 Å². The summed E-state index contributed by atoms with van der Waals surface area (Å²) in [7, 11) is 0. The van der Waals surface area contributed by atoms with E-state index >= 15 is 0 Å². The summed E-state index contributed by atoms with van der Waals surface area (Å²) in [5, 5.41) is 11.1. The number of benzene rings is 1. The molecule has 0 atom stereocenters. The lowest BCUT2D eigenvalue weighted by Gasteiger charge is -2.06. The number of H-pyrrole nitrogens is 1. The van der Waals surface area contributed by atoms with Crippen LogP contribution in [-0.2, 0) is 0 Å². The van der Waals surface area contributed by atoms with Crippen molar-refractivity contribution in [2.24, 2.45) is 0 Å². The van der Waals surface area contributed by atoms with Gasteiger partial charge in [-0.15, -0.1) is 0 Å². The molecule has 7 heteroatoms. The summed E-state index contributed by atoms with van der Waals surface area (Å²) in [4.78, 5) is 16.1. The number of nitrogens with zero attached hydrogens (tertiary/aromatic N) is 4. The minimum atomic E-state index is 0.374. The molecule has 4 rings (SSSR count). The highest BCUT2D eigenvalue weighted by atomic mass is 35.5. The van der Waals surface area contributed by atoms with Crippen molar-refractivity contribution in [3.63, 3.8) is 0 Å². The van der Waals surface area contributed by atoms with Crippen molar-refractivity contribution in [2.75, 3.05) is 0 Å². The van der Waals surface area contributed by atoms with E-state index in [1.165, 1.54) is 0 Å². The third kappa shape index (κ3) is 2.23. The Hall–Kier alpha value is -2.86. The second kappa shape index (κ2) is 5.35. The van der Waals surface area contributed by atoms with Crippen LogP contribution in [0.4, 0.5) is 0 Å². The Morgan fingerprint density at radius 3 is 2.79 bits per heavy atom. The molecular weight excluding hydrogens is 326 g/mol. The van der Waals surface area contributed by atoms with Gasteiger partial charge in [-0.3, -0.25) is 4.98 Å². The van der Waals surface area contributed by atoms with Gasteiger partial charge in [-0.25, -0.2) is 9.97 Å². The topological polar surface area (TPSA) is 79.6 Å². The standard InChI is InChI=1S/C17H14ClN5O/c1-9-16(11-4-3-5-19-8-11)23(24)17(20-9)12-6-14-15(7-13(12)18)22-10(2)21-14/h3-8,24H,1-2H3,(H,21,22). The second-order valence-electron chi connectivity index (χ2n) is 5.59. The molecule has 1 aromatic carbocycles. The zero-order valence-electron chi connectivity index (χ0n) is 13.1. The maximum atomic E-state index is 10.7. The predicted molar refractivity (Wildman–Crippen MR) is 92.2 cm³/mol. The molecule has 0 saturated carbocycles. The van der Waals surface area contributed by atoms with E-state index in [1.54, 1.807) is 18.5 Å². The molecule has 0 saturated heterocycles. The number of hydrogen-bond donors (Lipinski definition) is 2. The summed E-state index contributed by atoms with van der Waals surface area (Å²) in [6.07, 6.45) is 3.37. The normalized spacial score (nSPS) is 11.3. The number of aromatic nitrogens is 5. The Bertz CT molecular complexity index is 1050. The van der Waals surface area contributed by atoms with Crippen LogP contribution >= 0.6 is 11.6 Å². The minimum absolute atomic E-state index is 0.374. The van der Waals surface area contributed by atoms with E-state index in [0.717, 1.165) is 27.2 Å². The number of hydrogen-bond acceptors (Lipinski definition) is 4. The van der Waals surface area contributed by atoms with Crippen LogP contribution in [0.25, 0.3) is 33.7 Å². The van der Waals surface area contributed by atoms with Gasteiger partial charge in [-0.2, -0.15) is 4.73 Å². The van der Waals surface area contributed by atoms with Crippen LogP contribution in [0.5, 0.6) is 0 Å². The molecule has 3 heterocycles. The first kappa shape index (κ1) is 14.7. The Morgan fingerprint density at radius 2 is 2.04 bits per heavy atom. The molecule has 0 aliphatic heterocycles. The third-order valence-corrected chi connectivity index (χ3v) is 4.21. The summed E-state index contributed by atoms with van der Waals surface area (Å²) in [5.41, 5.74) is 4.31. The third-order valence-electron chi connectivity index (χ3n) is 3.89. The molecule has 0 unspecified atom stereocenters. The van der Waals surface area contributed by atoms with Gasteiger partial charge in [-0.05, 0) is 38.1 Å². The van der Waals surface area contributed by atoms with E-state index in [2.05, 4.69) is 19.9 Å². The molecule has 0 bridgehead atoms. The number of aryl methyl sites for hydroxylation is 2. The van der Waals surface area contributed by atoms with Crippen LogP contribution in [0, 0.1) is 13.8 Å². The maximum Gasteiger partial charge on any atom is 0.177 e. The minimum Gasteiger partial charge on any atom is -0.426 e. The van der Waals surface area contributed by atoms with Gasteiger partial charge in [0.2, 0.25) is 0 Å². The van der Waals surface area contributed by atoms with Crippen molar-refractivity contribution >= 4 is 22.6 Å². The molecule has 6 nitrogen and oxygen atoms in total. The van der Waals surface area contributed by atoms with Gasteiger partial charge < -0.3 is 10.2 Å². The number of fused-ring (bicyclic) bond motifs is 1. The molecule has 0 aliphatic carbocycles. The lowest BCUT2D eigenvalue weighted by atomic mass is 10.2. The number of nitrogens with one attached hydrogen (secondary N) is 1. The average Bonchev–Trinajstić information content (AvgIpc) is 3.05. The quantitative estimate of drug-likeness (QED) is 0.541. The SMILES string of the molecule is Cc1nc2cc(-c3nc(C)c(-c4cccnc4)n3O)c(Cl)cc2[nH]1. The Morgan fingerprint density at radius 1 is 1.21 bits per heavy atom. The van der Waals surface area contributed by atoms with Gasteiger partial charge >= 0.3 is 0 Å². The molecule has 0 fully saturated rings. The van der Waals surface area contributed by atoms with Crippen LogP contribution in [0.3, 0.4) is 0 Å². The lowest BCUT2D eigenvalue weighted by Crippen LogP contribution is -1.98. The van der Waals surface area contributed by atoms with Crippen molar-refractivity contribution in [1.29, 1.82) is 0 Å². The van der Waals surface area contributed by atoms with Gasteiger partial charge in [0.05, 0.1) is 21.7 Å². The average molecular weight is 340 g/mol. The van der Waals surface area contributed by atoms with E-state index in [0.29, 0.717) is 27.8 Å². The molecule has 120 valence electrons. The first-order valence-electron chi connectivity index (χ1n) is 7.40. The molecular formula is C17H14ClN5O. The van der Waals surface area contributed by atoms with Crippen molar-refractivity contribution < 1.29 is 5.21 Å². The first-order chi connectivity index (χ1) is 11.5. The summed E-state index contributed by atoms with van der Waals surface area (Å²) in [6, 6.07) is 7.30. The molecule has 0 aliphatic rings.